The summed E-state index contributed by atoms with van der Waals surface area (Å²) in [5.41, 5.74) is -0.0357. The Morgan fingerprint density at radius 2 is 2.29 bits per heavy atom. The van der Waals surface area contributed by atoms with Crippen molar-refractivity contribution in [3.63, 3.8) is 0 Å². The number of likely N-dealkylation sites (N-methyl/N-ethyl adjacent to an activating group) is 1. The number of hydrogen-bond acceptors (Lipinski definition) is 3. The predicted molar refractivity (Wildman–Crippen MR) is 61.4 cm³/mol. The molecule has 0 radical (unpaired) electrons. The molecular formula is C10H20N2OS. The van der Waals surface area contributed by atoms with E-state index in [9.17, 15) is 4.79 Å². The van der Waals surface area contributed by atoms with Gasteiger partial charge in [0, 0.05) is 24.2 Å². The van der Waals surface area contributed by atoms with Crippen molar-refractivity contribution >= 4 is 17.7 Å². The van der Waals surface area contributed by atoms with Crippen molar-refractivity contribution in [3.8, 4) is 0 Å². The fourth-order valence-corrected chi connectivity index (χ4v) is 2.26. The second-order valence-corrected chi connectivity index (χ2v) is 5.37. The molecule has 1 heterocycles. The Balaban J connectivity index is 2.59. The molecule has 82 valence electrons. The van der Waals surface area contributed by atoms with Crippen molar-refractivity contribution in [1.29, 1.82) is 0 Å². The molecule has 1 saturated heterocycles. The Hall–Kier alpha value is -0.220. The van der Waals surface area contributed by atoms with E-state index in [0.717, 1.165) is 18.1 Å². The Labute approximate surface area is 90.6 Å². The summed E-state index contributed by atoms with van der Waals surface area (Å²) in [5, 5.41) is 3.21. The average molecular weight is 216 g/mol. The zero-order valence-corrected chi connectivity index (χ0v) is 10.3. The van der Waals surface area contributed by atoms with Crippen LogP contribution in [0.2, 0.25) is 0 Å². The van der Waals surface area contributed by atoms with Crippen LogP contribution in [0.15, 0.2) is 0 Å². The molecule has 0 aromatic heterocycles. The van der Waals surface area contributed by atoms with Crippen LogP contribution in [-0.4, -0.2) is 41.1 Å². The van der Waals surface area contributed by atoms with Crippen LogP contribution in [0.5, 0.6) is 0 Å². The van der Waals surface area contributed by atoms with Crippen molar-refractivity contribution in [3.05, 3.63) is 0 Å². The first-order valence-electron chi connectivity index (χ1n) is 5.08. The smallest absolute Gasteiger partial charge is 0.240 e. The first-order valence-corrected chi connectivity index (χ1v) is 6.23. The molecule has 1 aliphatic rings. The van der Waals surface area contributed by atoms with Crippen LogP contribution in [0.25, 0.3) is 0 Å². The molecule has 1 rings (SSSR count). The van der Waals surface area contributed by atoms with E-state index in [1.807, 2.05) is 11.9 Å². The number of amides is 1. The van der Waals surface area contributed by atoms with Gasteiger partial charge in [0.25, 0.3) is 0 Å². The molecule has 14 heavy (non-hydrogen) atoms. The molecule has 1 aliphatic heterocycles. The van der Waals surface area contributed by atoms with Gasteiger partial charge in [-0.05, 0) is 20.3 Å². The van der Waals surface area contributed by atoms with E-state index in [-0.39, 0.29) is 17.5 Å². The van der Waals surface area contributed by atoms with Crippen molar-refractivity contribution < 1.29 is 4.79 Å². The van der Waals surface area contributed by atoms with Gasteiger partial charge in [0.1, 0.15) is 0 Å². The van der Waals surface area contributed by atoms with Crippen LogP contribution < -0.4 is 5.32 Å². The fourth-order valence-electron chi connectivity index (χ4n) is 1.32. The lowest BCUT2D eigenvalue weighted by Gasteiger charge is -2.36. The van der Waals surface area contributed by atoms with Crippen LogP contribution in [-0.2, 0) is 4.79 Å². The zero-order chi connectivity index (χ0) is 10.8. The van der Waals surface area contributed by atoms with E-state index < -0.39 is 0 Å². The van der Waals surface area contributed by atoms with Gasteiger partial charge < -0.3 is 4.90 Å². The van der Waals surface area contributed by atoms with Gasteiger partial charge in [0.15, 0.2) is 0 Å². The molecule has 0 aromatic rings. The van der Waals surface area contributed by atoms with Gasteiger partial charge in [-0.25, -0.2) is 0 Å². The molecular weight excluding hydrogens is 196 g/mol. The highest BCUT2D eigenvalue weighted by atomic mass is 32.2. The number of rotatable bonds is 3. The molecule has 1 atom stereocenters. The lowest BCUT2D eigenvalue weighted by molar-refractivity contribution is -0.136. The molecule has 1 fully saturated rings. The molecule has 4 heteroatoms. The number of nitrogens with zero attached hydrogens (tertiary/aromatic N) is 1. The van der Waals surface area contributed by atoms with E-state index in [2.05, 4.69) is 26.1 Å². The van der Waals surface area contributed by atoms with E-state index in [4.69, 9.17) is 0 Å². The quantitative estimate of drug-likeness (QED) is 0.771. The molecule has 1 N–H and O–H groups in total. The summed E-state index contributed by atoms with van der Waals surface area (Å²) in [5.74, 6) is 2.03. The van der Waals surface area contributed by atoms with Crippen molar-refractivity contribution in [2.75, 3.05) is 18.7 Å². The molecule has 0 saturated carbocycles. The topological polar surface area (TPSA) is 32.3 Å². The van der Waals surface area contributed by atoms with Crippen LogP contribution in [0.3, 0.4) is 0 Å². The summed E-state index contributed by atoms with van der Waals surface area (Å²) >= 11 is 1.79. The Kier molecular flexibility index (Phi) is 3.84. The summed E-state index contributed by atoms with van der Waals surface area (Å²) in [4.78, 5) is 13.9. The maximum absolute atomic E-state index is 12.0. The maximum Gasteiger partial charge on any atom is 0.240 e. The Bertz CT molecular complexity index is 212. The van der Waals surface area contributed by atoms with Crippen LogP contribution in [0.1, 0.15) is 27.2 Å². The Morgan fingerprint density at radius 1 is 1.64 bits per heavy atom. The van der Waals surface area contributed by atoms with E-state index >= 15 is 0 Å². The minimum atomic E-state index is -0.0357. The third kappa shape index (κ3) is 2.42. The van der Waals surface area contributed by atoms with E-state index in [1.54, 1.807) is 11.8 Å². The first-order chi connectivity index (χ1) is 6.49. The van der Waals surface area contributed by atoms with Crippen LogP contribution in [0.4, 0.5) is 0 Å². The summed E-state index contributed by atoms with van der Waals surface area (Å²) in [6.45, 7) is 6.32. The van der Waals surface area contributed by atoms with Crippen molar-refractivity contribution in [1.82, 2.24) is 10.2 Å². The third-order valence-electron chi connectivity index (χ3n) is 3.12. The van der Waals surface area contributed by atoms with Gasteiger partial charge in [0.2, 0.25) is 5.91 Å². The molecule has 0 aliphatic carbocycles. The van der Waals surface area contributed by atoms with Crippen molar-refractivity contribution in [2.45, 2.75) is 38.8 Å². The van der Waals surface area contributed by atoms with E-state index in [0.29, 0.717) is 0 Å². The highest BCUT2D eigenvalue weighted by molar-refractivity contribution is 7.99. The highest BCUT2D eigenvalue weighted by Gasteiger charge is 2.32. The Morgan fingerprint density at radius 3 is 2.71 bits per heavy atom. The summed E-state index contributed by atoms with van der Waals surface area (Å²) in [7, 11) is 1.90. The minimum Gasteiger partial charge on any atom is -0.339 e. The first kappa shape index (κ1) is 11.9. The molecule has 0 aromatic carbocycles. The summed E-state index contributed by atoms with van der Waals surface area (Å²) < 4.78 is 0. The predicted octanol–water partition coefficient (Wildman–Crippen LogP) is 1.30. The summed E-state index contributed by atoms with van der Waals surface area (Å²) in [6.07, 6.45) is 0.981. The summed E-state index contributed by atoms with van der Waals surface area (Å²) in [6, 6.07) is 0.0239. The van der Waals surface area contributed by atoms with Gasteiger partial charge in [-0.2, -0.15) is 0 Å². The number of carbonyl (C=O) groups is 1. The monoisotopic (exact) mass is 216 g/mol. The SMILES string of the molecule is CCC(C)(C)N(C)C(=O)C1CSCN1. The fraction of sp³-hybridized carbons (Fsp3) is 0.900. The molecule has 0 bridgehead atoms. The molecule has 0 spiro atoms. The second kappa shape index (κ2) is 4.53. The average Bonchev–Trinajstić information content (AvgIpc) is 2.68. The standard InChI is InChI=1S/C10H20N2OS/c1-5-10(2,3)12(4)9(13)8-6-14-7-11-8/h8,11H,5-7H2,1-4H3. The number of carbonyl (C=O) groups excluding carboxylic acids is 1. The molecule has 1 unspecified atom stereocenters. The number of hydrogen-bond donors (Lipinski definition) is 1. The van der Waals surface area contributed by atoms with Gasteiger partial charge in [-0.1, -0.05) is 6.92 Å². The largest absolute Gasteiger partial charge is 0.339 e. The normalized spacial score (nSPS) is 22.4. The second-order valence-electron chi connectivity index (χ2n) is 4.34. The lowest BCUT2D eigenvalue weighted by atomic mass is 9.99. The van der Waals surface area contributed by atoms with Gasteiger partial charge >= 0.3 is 0 Å². The van der Waals surface area contributed by atoms with Gasteiger partial charge in [-0.3, -0.25) is 10.1 Å². The van der Waals surface area contributed by atoms with Crippen molar-refractivity contribution in [2.24, 2.45) is 0 Å². The zero-order valence-electron chi connectivity index (χ0n) is 9.46. The number of thioether (sulfide) groups is 1. The lowest BCUT2D eigenvalue weighted by Crippen LogP contribution is -2.51. The minimum absolute atomic E-state index is 0.0239. The highest BCUT2D eigenvalue weighted by Crippen LogP contribution is 2.20. The van der Waals surface area contributed by atoms with Gasteiger partial charge in [0.05, 0.1) is 6.04 Å². The van der Waals surface area contributed by atoms with Crippen LogP contribution in [0, 0.1) is 0 Å². The maximum atomic E-state index is 12.0. The number of nitrogens with one attached hydrogen (secondary N) is 1. The molecule has 3 nitrogen and oxygen atoms in total. The van der Waals surface area contributed by atoms with Gasteiger partial charge in [-0.15, -0.1) is 11.8 Å². The third-order valence-corrected chi connectivity index (χ3v) is 4.06. The van der Waals surface area contributed by atoms with Crippen LogP contribution >= 0.6 is 11.8 Å². The van der Waals surface area contributed by atoms with E-state index in [1.165, 1.54) is 0 Å². The molecule has 1 amide bonds.